The molecule has 0 unspecified atom stereocenters. The third-order valence-electron chi connectivity index (χ3n) is 3.50. The molecule has 0 saturated heterocycles. The van der Waals surface area contributed by atoms with E-state index in [4.69, 9.17) is 4.74 Å². The van der Waals surface area contributed by atoms with Gasteiger partial charge in [0.1, 0.15) is 5.52 Å². The molecule has 0 aliphatic rings. The number of fused-ring (bicyclic) bond motifs is 2. The molecular weight excluding hydrogens is 326 g/mol. The summed E-state index contributed by atoms with van der Waals surface area (Å²) in [5, 5.41) is 6.70. The summed E-state index contributed by atoms with van der Waals surface area (Å²) < 4.78 is 6.60. The zero-order valence-electron chi connectivity index (χ0n) is 13.1. The molecular formula is C16H13N5O2S. The van der Waals surface area contributed by atoms with Crippen LogP contribution >= 0.6 is 11.3 Å². The Morgan fingerprint density at radius 3 is 2.71 bits per heavy atom. The maximum atomic E-state index is 11.8. The van der Waals surface area contributed by atoms with Crippen molar-refractivity contribution in [1.82, 2.24) is 24.7 Å². The van der Waals surface area contributed by atoms with Crippen LogP contribution in [-0.4, -0.2) is 37.3 Å². The number of para-hydroxylation sites is 2. The highest BCUT2D eigenvalue weighted by Gasteiger charge is 2.18. The smallest absolute Gasteiger partial charge is 0.357 e. The second kappa shape index (κ2) is 5.64. The summed E-state index contributed by atoms with van der Waals surface area (Å²) in [6.07, 6.45) is 0. The van der Waals surface area contributed by atoms with Gasteiger partial charge in [0.25, 0.3) is 0 Å². The van der Waals surface area contributed by atoms with Crippen molar-refractivity contribution in [3.8, 4) is 5.13 Å². The van der Waals surface area contributed by atoms with Crippen LogP contribution in [0.25, 0.3) is 27.3 Å². The lowest BCUT2D eigenvalue weighted by Gasteiger charge is -2.00. The Bertz CT molecular complexity index is 1070. The molecule has 0 fully saturated rings. The van der Waals surface area contributed by atoms with Gasteiger partial charge in [0.15, 0.2) is 11.3 Å². The second-order valence-electron chi connectivity index (χ2n) is 5.12. The van der Waals surface area contributed by atoms with Gasteiger partial charge >= 0.3 is 5.97 Å². The Morgan fingerprint density at radius 2 is 1.96 bits per heavy atom. The predicted octanol–water partition coefficient (Wildman–Crippen LogP) is 2.91. The molecule has 0 atom stereocenters. The van der Waals surface area contributed by atoms with Crippen LogP contribution in [-0.2, 0) is 4.74 Å². The van der Waals surface area contributed by atoms with E-state index in [1.807, 2.05) is 31.2 Å². The molecule has 24 heavy (non-hydrogen) atoms. The van der Waals surface area contributed by atoms with Crippen LogP contribution in [0.5, 0.6) is 0 Å². The number of aromatic nitrogens is 5. The summed E-state index contributed by atoms with van der Waals surface area (Å²) >= 11 is 1.31. The quantitative estimate of drug-likeness (QED) is 0.534. The molecule has 0 saturated carbocycles. The first kappa shape index (κ1) is 14.7. The van der Waals surface area contributed by atoms with E-state index in [2.05, 4.69) is 20.1 Å². The van der Waals surface area contributed by atoms with Crippen LogP contribution < -0.4 is 0 Å². The number of carbonyl (C=O) groups is 1. The number of nitrogens with zero attached hydrogens (tertiary/aromatic N) is 5. The van der Waals surface area contributed by atoms with E-state index in [0.717, 1.165) is 22.2 Å². The molecule has 0 spiro atoms. The predicted molar refractivity (Wildman–Crippen MR) is 90.5 cm³/mol. The van der Waals surface area contributed by atoms with Gasteiger partial charge in [-0.3, -0.25) is 0 Å². The number of esters is 1. The van der Waals surface area contributed by atoms with Crippen molar-refractivity contribution in [1.29, 1.82) is 0 Å². The number of rotatable bonds is 3. The zero-order valence-corrected chi connectivity index (χ0v) is 13.9. The van der Waals surface area contributed by atoms with Crippen molar-refractivity contribution in [3.05, 3.63) is 41.0 Å². The number of hydrogen-bond acceptors (Lipinski definition) is 7. The van der Waals surface area contributed by atoms with Crippen LogP contribution in [0.4, 0.5) is 0 Å². The fourth-order valence-electron chi connectivity index (χ4n) is 2.42. The molecule has 0 N–H and O–H groups in total. The Hall–Kier alpha value is -2.87. The fourth-order valence-corrected chi connectivity index (χ4v) is 3.16. The minimum absolute atomic E-state index is 0.270. The lowest BCUT2D eigenvalue weighted by Crippen LogP contribution is -2.06. The van der Waals surface area contributed by atoms with Gasteiger partial charge in [-0.2, -0.15) is 9.78 Å². The molecule has 0 amide bonds. The van der Waals surface area contributed by atoms with E-state index in [1.165, 1.54) is 11.3 Å². The Morgan fingerprint density at radius 1 is 1.21 bits per heavy atom. The minimum atomic E-state index is -0.440. The number of aryl methyl sites for hydroxylation is 1. The van der Waals surface area contributed by atoms with E-state index in [9.17, 15) is 4.79 Å². The molecule has 3 aromatic heterocycles. The van der Waals surface area contributed by atoms with Crippen LogP contribution in [0.1, 0.15) is 23.1 Å². The fraction of sp³-hybridized carbons (Fsp3) is 0.188. The summed E-state index contributed by atoms with van der Waals surface area (Å²) in [6, 6.07) is 7.66. The Labute approximate surface area is 140 Å². The molecule has 120 valence electrons. The highest BCUT2D eigenvalue weighted by Crippen LogP contribution is 2.23. The summed E-state index contributed by atoms with van der Waals surface area (Å²) in [6.45, 7) is 3.95. The monoisotopic (exact) mass is 339 g/mol. The largest absolute Gasteiger partial charge is 0.461 e. The first-order valence-corrected chi connectivity index (χ1v) is 8.30. The standard InChI is InChI=1S/C16H13N5O2S/c1-3-23-15(22)12-8-24-16(19-12)21-14-13(9(2)20-21)17-10-6-4-5-7-11(10)18-14/h4-8H,3H2,1-2H3. The first-order chi connectivity index (χ1) is 11.7. The SMILES string of the molecule is CCOC(=O)c1csc(-n2nc(C)c3nc4ccccc4nc32)n1. The van der Waals surface area contributed by atoms with Gasteiger partial charge in [0.05, 0.1) is 23.3 Å². The van der Waals surface area contributed by atoms with Crippen LogP contribution in [0, 0.1) is 6.92 Å². The van der Waals surface area contributed by atoms with Crippen molar-refractivity contribution >= 4 is 39.5 Å². The van der Waals surface area contributed by atoms with Gasteiger partial charge in [0, 0.05) is 5.38 Å². The van der Waals surface area contributed by atoms with Crippen molar-refractivity contribution in [3.63, 3.8) is 0 Å². The summed E-state index contributed by atoms with van der Waals surface area (Å²) in [7, 11) is 0. The summed E-state index contributed by atoms with van der Waals surface area (Å²) in [4.78, 5) is 25.4. The number of ether oxygens (including phenoxy) is 1. The molecule has 7 nitrogen and oxygen atoms in total. The second-order valence-corrected chi connectivity index (χ2v) is 5.95. The average Bonchev–Trinajstić information content (AvgIpc) is 3.19. The summed E-state index contributed by atoms with van der Waals surface area (Å²) in [5.41, 5.74) is 3.98. The maximum absolute atomic E-state index is 11.8. The topological polar surface area (TPSA) is 82.8 Å². The van der Waals surface area contributed by atoms with Crippen LogP contribution in [0.2, 0.25) is 0 Å². The molecule has 3 heterocycles. The number of carbonyl (C=O) groups excluding carboxylic acids is 1. The maximum Gasteiger partial charge on any atom is 0.357 e. The number of benzene rings is 1. The molecule has 0 radical (unpaired) electrons. The van der Waals surface area contributed by atoms with Gasteiger partial charge in [-0.25, -0.2) is 19.7 Å². The van der Waals surface area contributed by atoms with E-state index < -0.39 is 5.97 Å². The van der Waals surface area contributed by atoms with Crippen molar-refractivity contribution < 1.29 is 9.53 Å². The lowest BCUT2D eigenvalue weighted by atomic mass is 10.3. The minimum Gasteiger partial charge on any atom is -0.461 e. The molecule has 0 bridgehead atoms. The van der Waals surface area contributed by atoms with E-state index in [0.29, 0.717) is 17.4 Å². The molecule has 4 aromatic rings. The van der Waals surface area contributed by atoms with Crippen molar-refractivity contribution in [2.75, 3.05) is 6.61 Å². The highest BCUT2D eigenvalue weighted by molar-refractivity contribution is 7.12. The first-order valence-electron chi connectivity index (χ1n) is 7.42. The van der Waals surface area contributed by atoms with E-state index in [-0.39, 0.29) is 5.69 Å². The van der Waals surface area contributed by atoms with Gasteiger partial charge in [-0.15, -0.1) is 11.3 Å². The van der Waals surface area contributed by atoms with Crippen LogP contribution in [0.15, 0.2) is 29.6 Å². The third-order valence-corrected chi connectivity index (χ3v) is 4.32. The van der Waals surface area contributed by atoms with E-state index >= 15 is 0 Å². The molecule has 8 heteroatoms. The third kappa shape index (κ3) is 2.31. The lowest BCUT2D eigenvalue weighted by molar-refractivity contribution is 0.0520. The number of hydrogen-bond donors (Lipinski definition) is 0. The van der Waals surface area contributed by atoms with E-state index in [1.54, 1.807) is 17.0 Å². The highest BCUT2D eigenvalue weighted by atomic mass is 32.1. The van der Waals surface area contributed by atoms with Crippen molar-refractivity contribution in [2.45, 2.75) is 13.8 Å². The molecule has 1 aromatic carbocycles. The number of thiazole rings is 1. The van der Waals surface area contributed by atoms with Gasteiger partial charge in [-0.05, 0) is 26.0 Å². The Kier molecular flexibility index (Phi) is 3.46. The normalized spacial score (nSPS) is 11.2. The van der Waals surface area contributed by atoms with Gasteiger partial charge in [-0.1, -0.05) is 12.1 Å². The molecule has 0 aliphatic heterocycles. The van der Waals surface area contributed by atoms with Gasteiger partial charge < -0.3 is 4.74 Å². The average molecular weight is 339 g/mol. The van der Waals surface area contributed by atoms with Crippen molar-refractivity contribution in [2.24, 2.45) is 0 Å². The van der Waals surface area contributed by atoms with Crippen LogP contribution in [0.3, 0.4) is 0 Å². The summed E-state index contributed by atoms with van der Waals surface area (Å²) in [5.74, 6) is -0.440. The molecule has 4 rings (SSSR count). The van der Waals surface area contributed by atoms with Gasteiger partial charge in [0.2, 0.25) is 5.13 Å². The Balaban J connectivity index is 1.88. The zero-order chi connectivity index (χ0) is 16.7. The molecule has 0 aliphatic carbocycles.